The molecule has 1 aromatic carbocycles. The number of hydrogen-bond donors (Lipinski definition) is 1. The first-order valence-electron chi connectivity index (χ1n) is 6.65. The molecule has 20 heavy (non-hydrogen) atoms. The van der Waals surface area contributed by atoms with Crippen molar-refractivity contribution in [1.82, 2.24) is 14.5 Å². The van der Waals surface area contributed by atoms with Crippen molar-refractivity contribution >= 4 is 11.0 Å². The Bertz CT molecular complexity index is 757. The third-order valence-corrected chi connectivity index (χ3v) is 3.66. The molecule has 2 aromatic heterocycles. The van der Waals surface area contributed by atoms with Gasteiger partial charge >= 0.3 is 0 Å². The zero-order chi connectivity index (χ0) is 14.3. The van der Waals surface area contributed by atoms with E-state index in [9.17, 15) is 5.11 Å². The molecule has 0 saturated heterocycles. The highest BCUT2D eigenvalue weighted by atomic mass is 16.3. The molecule has 0 fully saturated rings. The van der Waals surface area contributed by atoms with Crippen LogP contribution in [0.25, 0.3) is 16.9 Å². The van der Waals surface area contributed by atoms with E-state index in [1.807, 2.05) is 16.7 Å². The number of aliphatic hydroxyl groups is 1. The SMILES string of the molecule is Cc1cc2ncn(-c3ccc(C(C)O)cn3)c2cc1C. The van der Waals surface area contributed by atoms with E-state index in [4.69, 9.17) is 0 Å². The Morgan fingerprint density at radius 3 is 2.50 bits per heavy atom. The van der Waals surface area contributed by atoms with Crippen LogP contribution in [0, 0.1) is 13.8 Å². The molecule has 0 radical (unpaired) electrons. The summed E-state index contributed by atoms with van der Waals surface area (Å²) in [5, 5.41) is 9.52. The number of aryl methyl sites for hydroxylation is 2. The van der Waals surface area contributed by atoms with Crippen molar-refractivity contribution in [1.29, 1.82) is 0 Å². The Morgan fingerprint density at radius 1 is 1.10 bits per heavy atom. The maximum absolute atomic E-state index is 9.52. The summed E-state index contributed by atoms with van der Waals surface area (Å²) in [4.78, 5) is 8.84. The number of benzene rings is 1. The van der Waals surface area contributed by atoms with Crippen molar-refractivity contribution in [3.63, 3.8) is 0 Å². The number of nitrogens with zero attached hydrogens (tertiary/aromatic N) is 3. The van der Waals surface area contributed by atoms with Gasteiger partial charge in [0.15, 0.2) is 0 Å². The first kappa shape index (κ1) is 12.8. The number of hydrogen-bond acceptors (Lipinski definition) is 3. The zero-order valence-electron chi connectivity index (χ0n) is 11.8. The van der Waals surface area contributed by atoms with Gasteiger partial charge in [-0.25, -0.2) is 9.97 Å². The van der Waals surface area contributed by atoms with Gasteiger partial charge in [0.1, 0.15) is 12.1 Å². The van der Waals surface area contributed by atoms with Gasteiger partial charge in [0.05, 0.1) is 17.1 Å². The Kier molecular flexibility index (Phi) is 3.03. The summed E-state index contributed by atoms with van der Waals surface area (Å²) in [7, 11) is 0. The van der Waals surface area contributed by atoms with Gasteiger partial charge in [-0.1, -0.05) is 6.07 Å². The normalized spacial score (nSPS) is 12.8. The van der Waals surface area contributed by atoms with Crippen LogP contribution in [0.1, 0.15) is 29.7 Å². The van der Waals surface area contributed by atoms with Gasteiger partial charge in [-0.05, 0) is 55.7 Å². The fraction of sp³-hybridized carbons (Fsp3) is 0.250. The minimum Gasteiger partial charge on any atom is -0.389 e. The highest BCUT2D eigenvalue weighted by Crippen LogP contribution is 2.21. The van der Waals surface area contributed by atoms with Crippen molar-refractivity contribution in [2.45, 2.75) is 26.9 Å². The highest BCUT2D eigenvalue weighted by molar-refractivity contribution is 5.78. The van der Waals surface area contributed by atoms with E-state index in [-0.39, 0.29) is 0 Å². The van der Waals surface area contributed by atoms with Crippen molar-refractivity contribution in [3.8, 4) is 5.82 Å². The zero-order valence-corrected chi connectivity index (χ0v) is 11.8. The summed E-state index contributed by atoms with van der Waals surface area (Å²) in [6.07, 6.45) is 2.99. The lowest BCUT2D eigenvalue weighted by Crippen LogP contribution is -1.98. The number of rotatable bonds is 2. The van der Waals surface area contributed by atoms with Gasteiger partial charge in [-0.2, -0.15) is 0 Å². The second-order valence-corrected chi connectivity index (χ2v) is 5.17. The molecule has 1 N–H and O–H groups in total. The van der Waals surface area contributed by atoms with Gasteiger partial charge in [0, 0.05) is 6.20 Å². The Balaban J connectivity index is 2.12. The number of pyridine rings is 1. The van der Waals surface area contributed by atoms with E-state index >= 15 is 0 Å². The Morgan fingerprint density at radius 2 is 1.85 bits per heavy atom. The number of imidazole rings is 1. The predicted molar refractivity (Wildman–Crippen MR) is 79.0 cm³/mol. The molecule has 0 aliphatic carbocycles. The first-order valence-corrected chi connectivity index (χ1v) is 6.65. The van der Waals surface area contributed by atoms with Gasteiger partial charge in [-0.15, -0.1) is 0 Å². The first-order chi connectivity index (χ1) is 9.56. The summed E-state index contributed by atoms with van der Waals surface area (Å²) in [6, 6.07) is 8.01. The van der Waals surface area contributed by atoms with Crippen LogP contribution in [-0.2, 0) is 0 Å². The minimum atomic E-state index is -0.499. The molecule has 0 bridgehead atoms. The molecule has 0 aliphatic heterocycles. The van der Waals surface area contributed by atoms with Gasteiger partial charge in [0.2, 0.25) is 0 Å². The van der Waals surface area contributed by atoms with Crippen LogP contribution in [0.4, 0.5) is 0 Å². The largest absolute Gasteiger partial charge is 0.389 e. The van der Waals surface area contributed by atoms with Crippen LogP contribution in [0.2, 0.25) is 0 Å². The molecule has 3 rings (SSSR count). The summed E-state index contributed by atoms with van der Waals surface area (Å²) in [5.74, 6) is 0.806. The monoisotopic (exact) mass is 267 g/mol. The van der Waals surface area contributed by atoms with Gasteiger partial charge in [-0.3, -0.25) is 4.57 Å². The van der Waals surface area contributed by atoms with Crippen molar-refractivity contribution in [2.24, 2.45) is 0 Å². The van der Waals surface area contributed by atoms with E-state index in [0.29, 0.717) is 0 Å². The second kappa shape index (κ2) is 4.72. The summed E-state index contributed by atoms with van der Waals surface area (Å²) in [6.45, 7) is 5.91. The third-order valence-electron chi connectivity index (χ3n) is 3.66. The molecule has 3 aromatic rings. The minimum absolute atomic E-state index is 0.499. The molecule has 102 valence electrons. The molecular formula is C16H17N3O. The molecular weight excluding hydrogens is 250 g/mol. The van der Waals surface area contributed by atoms with Gasteiger partial charge < -0.3 is 5.11 Å². The van der Waals surface area contributed by atoms with Crippen LogP contribution in [-0.4, -0.2) is 19.6 Å². The topological polar surface area (TPSA) is 50.9 Å². The fourth-order valence-corrected chi connectivity index (χ4v) is 2.23. The average molecular weight is 267 g/mol. The molecule has 0 amide bonds. The standard InChI is InChI=1S/C16H17N3O/c1-10-6-14-15(7-11(10)2)19(9-18-14)16-5-4-13(8-17-16)12(3)20/h4-9,12,20H,1-3H3. The predicted octanol–water partition coefficient (Wildman–Crippen LogP) is 3.09. The van der Waals surface area contributed by atoms with Crippen molar-refractivity contribution in [2.75, 3.05) is 0 Å². The van der Waals surface area contributed by atoms with Crippen LogP contribution in [0.3, 0.4) is 0 Å². The molecule has 4 heteroatoms. The highest BCUT2D eigenvalue weighted by Gasteiger charge is 2.08. The molecule has 4 nitrogen and oxygen atoms in total. The molecule has 0 aliphatic rings. The summed E-state index contributed by atoms with van der Waals surface area (Å²) >= 11 is 0. The molecule has 1 unspecified atom stereocenters. The lowest BCUT2D eigenvalue weighted by Gasteiger charge is -2.07. The van der Waals surface area contributed by atoms with Crippen molar-refractivity contribution < 1.29 is 5.11 Å². The number of aliphatic hydroxyl groups excluding tert-OH is 1. The van der Waals surface area contributed by atoms with E-state index in [2.05, 4.69) is 35.9 Å². The van der Waals surface area contributed by atoms with Crippen LogP contribution in [0.5, 0.6) is 0 Å². The van der Waals surface area contributed by atoms with E-state index in [0.717, 1.165) is 22.4 Å². The average Bonchev–Trinajstić information content (AvgIpc) is 2.82. The van der Waals surface area contributed by atoms with Crippen LogP contribution >= 0.6 is 0 Å². The molecule has 0 spiro atoms. The second-order valence-electron chi connectivity index (χ2n) is 5.17. The quantitative estimate of drug-likeness (QED) is 0.776. The fourth-order valence-electron chi connectivity index (χ4n) is 2.23. The maximum atomic E-state index is 9.52. The lowest BCUT2D eigenvalue weighted by atomic mass is 10.1. The van der Waals surface area contributed by atoms with Crippen LogP contribution in [0.15, 0.2) is 36.8 Å². The lowest BCUT2D eigenvalue weighted by molar-refractivity contribution is 0.199. The molecule has 1 atom stereocenters. The summed E-state index contributed by atoms with van der Waals surface area (Å²) < 4.78 is 1.97. The summed E-state index contributed by atoms with van der Waals surface area (Å²) in [5.41, 5.74) is 5.30. The third kappa shape index (κ3) is 2.08. The van der Waals surface area contributed by atoms with Gasteiger partial charge in [0.25, 0.3) is 0 Å². The molecule has 0 saturated carbocycles. The maximum Gasteiger partial charge on any atom is 0.138 e. The van der Waals surface area contributed by atoms with E-state index < -0.39 is 6.10 Å². The smallest absolute Gasteiger partial charge is 0.138 e. The Labute approximate surface area is 117 Å². The number of aromatic nitrogens is 3. The number of fused-ring (bicyclic) bond motifs is 1. The van der Waals surface area contributed by atoms with E-state index in [1.165, 1.54) is 11.1 Å². The van der Waals surface area contributed by atoms with Crippen LogP contribution < -0.4 is 0 Å². The van der Waals surface area contributed by atoms with Crippen molar-refractivity contribution in [3.05, 3.63) is 53.5 Å². The molecule has 2 heterocycles. The Hall–Kier alpha value is -2.20. The van der Waals surface area contributed by atoms with E-state index in [1.54, 1.807) is 19.4 Å².